The fourth-order valence-electron chi connectivity index (χ4n) is 1.49. The number of carboxylic acid groups (broad SMARTS) is 2. The fraction of sp³-hybridized carbons (Fsp3) is 0.308. The number of aliphatic carboxylic acids is 2. The molecular weight excluding hydrogens is 282 g/mol. The van der Waals surface area contributed by atoms with Gasteiger partial charge in [-0.05, 0) is 12.1 Å². The number of rotatable bonds is 8. The van der Waals surface area contributed by atoms with Crippen molar-refractivity contribution < 1.29 is 34.1 Å². The Bertz CT molecular complexity index is 529. The minimum absolute atomic E-state index is 0.320. The molecule has 114 valence electrons. The molecular formula is C13H15NO7. The fourth-order valence-corrected chi connectivity index (χ4v) is 1.49. The van der Waals surface area contributed by atoms with E-state index < -0.39 is 36.9 Å². The van der Waals surface area contributed by atoms with E-state index in [0.29, 0.717) is 11.5 Å². The van der Waals surface area contributed by atoms with Gasteiger partial charge in [0.1, 0.15) is 6.04 Å². The smallest absolute Gasteiger partial charge is 0.326 e. The molecule has 1 aromatic rings. The van der Waals surface area contributed by atoms with Crippen LogP contribution in [-0.4, -0.2) is 47.8 Å². The van der Waals surface area contributed by atoms with Gasteiger partial charge in [0, 0.05) is 0 Å². The minimum Gasteiger partial charge on any atom is -0.493 e. The molecule has 21 heavy (non-hydrogen) atoms. The highest BCUT2D eigenvalue weighted by atomic mass is 16.5. The third kappa shape index (κ3) is 5.39. The summed E-state index contributed by atoms with van der Waals surface area (Å²) in [4.78, 5) is 32.9. The second kappa shape index (κ2) is 7.73. The zero-order valence-electron chi connectivity index (χ0n) is 11.2. The van der Waals surface area contributed by atoms with Gasteiger partial charge in [0.2, 0.25) is 0 Å². The normalized spacial score (nSPS) is 11.3. The summed E-state index contributed by atoms with van der Waals surface area (Å²) in [6.45, 7) is -0.455. The van der Waals surface area contributed by atoms with Crippen LogP contribution in [0.15, 0.2) is 24.3 Å². The van der Waals surface area contributed by atoms with Gasteiger partial charge >= 0.3 is 11.9 Å². The highest BCUT2D eigenvalue weighted by molar-refractivity contribution is 5.87. The van der Waals surface area contributed by atoms with Crippen LogP contribution in [0.2, 0.25) is 0 Å². The molecule has 0 saturated heterocycles. The predicted octanol–water partition coefficient (Wildman–Crippen LogP) is 0.118. The lowest BCUT2D eigenvalue weighted by Crippen LogP contribution is -2.44. The summed E-state index contributed by atoms with van der Waals surface area (Å²) >= 11 is 0. The summed E-state index contributed by atoms with van der Waals surface area (Å²) in [5.41, 5.74) is 0. The van der Waals surface area contributed by atoms with Gasteiger partial charge in [0.25, 0.3) is 5.91 Å². The van der Waals surface area contributed by atoms with Crippen molar-refractivity contribution in [2.45, 2.75) is 12.5 Å². The molecule has 0 aromatic heterocycles. The van der Waals surface area contributed by atoms with Gasteiger partial charge in [-0.1, -0.05) is 12.1 Å². The Morgan fingerprint density at radius 2 is 1.81 bits per heavy atom. The number of methoxy groups -OCH3 is 1. The van der Waals surface area contributed by atoms with Crippen molar-refractivity contribution in [1.82, 2.24) is 5.32 Å². The first-order valence-electron chi connectivity index (χ1n) is 5.93. The third-order valence-corrected chi connectivity index (χ3v) is 2.44. The molecule has 0 aliphatic carbocycles. The van der Waals surface area contributed by atoms with E-state index in [4.69, 9.17) is 19.7 Å². The first-order valence-corrected chi connectivity index (χ1v) is 5.93. The van der Waals surface area contributed by atoms with Crippen molar-refractivity contribution >= 4 is 17.8 Å². The molecule has 1 rings (SSSR count). The van der Waals surface area contributed by atoms with Gasteiger partial charge in [0.05, 0.1) is 13.5 Å². The molecule has 1 amide bonds. The molecule has 0 bridgehead atoms. The number of carbonyl (C=O) groups excluding carboxylic acids is 1. The summed E-state index contributed by atoms with van der Waals surface area (Å²) in [5.74, 6) is -2.75. The Morgan fingerprint density at radius 1 is 1.19 bits per heavy atom. The van der Waals surface area contributed by atoms with Gasteiger partial charge in [-0.15, -0.1) is 0 Å². The van der Waals surface area contributed by atoms with Crippen LogP contribution in [0.3, 0.4) is 0 Å². The van der Waals surface area contributed by atoms with Crippen LogP contribution in [0.25, 0.3) is 0 Å². The van der Waals surface area contributed by atoms with E-state index in [9.17, 15) is 14.4 Å². The van der Waals surface area contributed by atoms with E-state index >= 15 is 0 Å². The Morgan fingerprint density at radius 3 is 2.33 bits per heavy atom. The number of amides is 1. The Kier molecular flexibility index (Phi) is 5.99. The summed E-state index contributed by atoms with van der Waals surface area (Å²) in [5, 5.41) is 19.4. The second-order valence-corrected chi connectivity index (χ2v) is 4.00. The Labute approximate surface area is 120 Å². The molecule has 0 spiro atoms. The maximum Gasteiger partial charge on any atom is 0.326 e. The van der Waals surface area contributed by atoms with Crippen molar-refractivity contribution in [2.75, 3.05) is 13.7 Å². The number of nitrogens with one attached hydrogen (secondary N) is 1. The summed E-state index contributed by atoms with van der Waals surface area (Å²) in [7, 11) is 1.44. The van der Waals surface area contributed by atoms with Gasteiger partial charge in [0.15, 0.2) is 18.1 Å². The van der Waals surface area contributed by atoms with Gasteiger partial charge < -0.3 is 25.0 Å². The number of carbonyl (C=O) groups is 3. The molecule has 0 saturated carbocycles. The first kappa shape index (κ1) is 16.3. The molecule has 0 aliphatic heterocycles. The highest BCUT2D eigenvalue weighted by Gasteiger charge is 2.23. The lowest BCUT2D eigenvalue weighted by atomic mass is 10.2. The van der Waals surface area contributed by atoms with E-state index in [-0.39, 0.29) is 0 Å². The number of benzene rings is 1. The van der Waals surface area contributed by atoms with Gasteiger partial charge in [-0.25, -0.2) is 4.79 Å². The molecule has 0 fully saturated rings. The number of hydrogen-bond acceptors (Lipinski definition) is 5. The van der Waals surface area contributed by atoms with Crippen LogP contribution in [0.4, 0.5) is 0 Å². The third-order valence-electron chi connectivity index (χ3n) is 2.44. The van der Waals surface area contributed by atoms with Crippen LogP contribution < -0.4 is 14.8 Å². The summed E-state index contributed by atoms with van der Waals surface area (Å²) in [6, 6.07) is 5.12. The van der Waals surface area contributed by atoms with Crippen molar-refractivity contribution in [3.8, 4) is 11.5 Å². The monoisotopic (exact) mass is 297 g/mol. The van der Waals surface area contributed by atoms with Gasteiger partial charge in [-0.3, -0.25) is 9.59 Å². The average molecular weight is 297 g/mol. The van der Waals surface area contributed by atoms with Crippen molar-refractivity contribution in [1.29, 1.82) is 0 Å². The molecule has 0 radical (unpaired) electrons. The standard InChI is InChI=1S/C13H15NO7/c1-20-9-4-2-3-5-10(9)21-7-11(15)14-8(13(18)19)6-12(16)17/h2-5,8H,6-7H2,1H3,(H,14,15)(H,16,17)(H,18,19). The van der Waals surface area contributed by atoms with E-state index in [1.54, 1.807) is 24.3 Å². The molecule has 1 unspecified atom stereocenters. The Hall–Kier alpha value is -2.77. The average Bonchev–Trinajstić information content (AvgIpc) is 2.44. The zero-order chi connectivity index (χ0) is 15.8. The van der Waals surface area contributed by atoms with Crippen molar-refractivity contribution in [3.63, 3.8) is 0 Å². The minimum atomic E-state index is -1.50. The topological polar surface area (TPSA) is 122 Å². The van der Waals surface area contributed by atoms with Crippen molar-refractivity contribution in [2.24, 2.45) is 0 Å². The largest absolute Gasteiger partial charge is 0.493 e. The number of para-hydroxylation sites is 2. The molecule has 3 N–H and O–H groups in total. The van der Waals surface area contributed by atoms with E-state index in [0.717, 1.165) is 0 Å². The van der Waals surface area contributed by atoms with Crippen LogP contribution >= 0.6 is 0 Å². The molecule has 1 aromatic carbocycles. The Balaban J connectivity index is 2.56. The SMILES string of the molecule is COc1ccccc1OCC(=O)NC(CC(=O)O)C(=O)O. The maximum atomic E-state index is 11.6. The maximum absolute atomic E-state index is 11.6. The number of ether oxygens (including phenoxy) is 2. The quantitative estimate of drug-likeness (QED) is 0.622. The lowest BCUT2D eigenvalue weighted by Gasteiger charge is -2.13. The zero-order valence-corrected chi connectivity index (χ0v) is 11.2. The number of carboxylic acids is 2. The van der Waals surface area contributed by atoms with Crippen LogP contribution in [0.1, 0.15) is 6.42 Å². The molecule has 8 nitrogen and oxygen atoms in total. The van der Waals surface area contributed by atoms with E-state index in [1.165, 1.54) is 7.11 Å². The van der Waals surface area contributed by atoms with Crippen LogP contribution in [0, 0.1) is 0 Å². The lowest BCUT2D eigenvalue weighted by molar-refractivity contribution is -0.147. The number of hydrogen-bond donors (Lipinski definition) is 3. The first-order chi connectivity index (χ1) is 9.93. The predicted molar refractivity (Wildman–Crippen MR) is 70.3 cm³/mol. The van der Waals surface area contributed by atoms with E-state index in [2.05, 4.69) is 5.32 Å². The van der Waals surface area contributed by atoms with Crippen LogP contribution in [-0.2, 0) is 14.4 Å². The summed E-state index contributed by atoms with van der Waals surface area (Å²) < 4.78 is 10.2. The highest BCUT2D eigenvalue weighted by Crippen LogP contribution is 2.25. The van der Waals surface area contributed by atoms with E-state index in [1.807, 2.05) is 0 Å². The molecule has 1 atom stereocenters. The molecule has 8 heteroatoms. The second-order valence-electron chi connectivity index (χ2n) is 4.00. The van der Waals surface area contributed by atoms with Gasteiger partial charge in [-0.2, -0.15) is 0 Å². The molecule has 0 aliphatic rings. The molecule has 0 heterocycles. The van der Waals surface area contributed by atoms with Crippen molar-refractivity contribution in [3.05, 3.63) is 24.3 Å². The van der Waals surface area contributed by atoms with Crippen LogP contribution in [0.5, 0.6) is 11.5 Å². The summed E-state index contributed by atoms with van der Waals surface area (Å²) in [6.07, 6.45) is -0.713.